The van der Waals surface area contributed by atoms with Gasteiger partial charge in [0.1, 0.15) is 11.3 Å². The maximum Gasteiger partial charge on any atom is 0.274 e. The van der Waals surface area contributed by atoms with Gasteiger partial charge >= 0.3 is 0 Å². The van der Waals surface area contributed by atoms with Crippen LogP contribution in [0.3, 0.4) is 0 Å². The van der Waals surface area contributed by atoms with E-state index in [1.54, 1.807) is 0 Å². The normalized spacial score (nSPS) is 15.8. The summed E-state index contributed by atoms with van der Waals surface area (Å²) >= 11 is 0. The minimum atomic E-state index is 0.00985. The maximum absolute atomic E-state index is 12.9. The quantitative estimate of drug-likeness (QED) is 0.712. The lowest BCUT2D eigenvalue weighted by Gasteiger charge is -2.31. The zero-order chi connectivity index (χ0) is 19.0. The van der Waals surface area contributed by atoms with Gasteiger partial charge in [-0.25, -0.2) is 9.67 Å². The SMILES string of the molecule is Cc1cccn2cc(C(=O)N3CCC(n4cc(CC(C)C)nn4)CC3)nc12. The Morgan fingerprint density at radius 2 is 2.04 bits per heavy atom. The van der Waals surface area contributed by atoms with E-state index in [0.29, 0.717) is 17.7 Å². The van der Waals surface area contributed by atoms with Crippen LogP contribution in [-0.4, -0.2) is 48.3 Å². The molecule has 4 rings (SSSR count). The predicted molar refractivity (Wildman–Crippen MR) is 103 cm³/mol. The first-order valence-electron chi connectivity index (χ1n) is 9.65. The molecule has 0 unspecified atom stereocenters. The molecule has 3 aromatic rings. The van der Waals surface area contributed by atoms with Gasteiger partial charge in [-0.3, -0.25) is 4.79 Å². The molecule has 0 aliphatic carbocycles. The van der Waals surface area contributed by atoms with Crippen LogP contribution in [-0.2, 0) is 6.42 Å². The molecule has 1 fully saturated rings. The minimum Gasteiger partial charge on any atom is -0.337 e. The molecular weight excluding hydrogens is 340 g/mol. The van der Waals surface area contributed by atoms with Crippen molar-refractivity contribution in [2.45, 2.75) is 46.1 Å². The molecule has 7 heteroatoms. The van der Waals surface area contributed by atoms with Gasteiger partial charge in [-0.15, -0.1) is 5.10 Å². The van der Waals surface area contributed by atoms with Crippen LogP contribution in [0.2, 0.25) is 0 Å². The van der Waals surface area contributed by atoms with Gasteiger partial charge in [0.25, 0.3) is 5.91 Å². The Kier molecular flexibility index (Phi) is 4.68. The number of hydrogen-bond acceptors (Lipinski definition) is 4. The van der Waals surface area contributed by atoms with E-state index in [-0.39, 0.29) is 5.91 Å². The number of carbonyl (C=O) groups excluding carboxylic acids is 1. The summed E-state index contributed by atoms with van der Waals surface area (Å²) in [4.78, 5) is 19.3. The Morgan fingerprint density at radius 3 is 2.74 bits per heavy atom. The summed E-state index contributed by atoms with van der Waals surface area (Å²) in [5, 5.41) is 8.59. The van der Waals surface area contributed by atoms with E-state index in [2.05, 4.69) is 35.3 Å². The third-order valence-electron chi connectivity index (χ3n) is 5.20. The fourth-order valence-electron chi connectivity index (χ4n) is 3.76. The van der Waals surface area contributed by atoms with Crippen LogP contribution >= 0.6 is 0 Å². The number of hydrogen-bond donors (Lipinski definition) is 0. The van der Waals surface area contributed by atoms with E-state index < -0.39 is 0 Å². The highest BCUT2D eigenvalue weighted by atomic mass is 16.2. The Balaban J connectivity index is 1.41. The van der Waals surface area contributed by atoms with Crippen molar-refractivity contribution in [2.75, 3.05) is 13.1 Å². The molecule has 0 spiro atoms. The lowest BCUT2D eigenvalue weighted by molar-refractivity contribution is 0.0684. The molecule has 1 aliphatic rings. The van der Waals surface area contributed by atoms with Gasteiger partial charge in [-0.05, 0) is 43.7 Å². The Hall–Kier alpha value is -2.70. The largest absolute Gasteiger partial charge is 0.337 e. The molecule has 1 amide bonds. The fraction of sp³-hybridized carbons (Fsp3) is 0.500. The summed E-state index contributed by atoms with van der Waals surface area (Å²) in [6, 6.07) is 4.29. The second-order valence-electron chi connectivity index (χ2n) is 7.86. The fourth-order valence-corrected chi connectivity index (χ4v) is 3.76. The van der Waals surface area contributed by atoms with Crippen molar-refractivity contribution in [3.05, 3.63) is 47.7 Å². The number of nitrogens with zero attached hydrogens (tertiary/aromatic N) is 6. The van der Waals surface area contributed by atoms with E-state index in [0.717, 1.165) is 49.3 Å². The minimum absolute atomic E-state index is 0.00985. The summed E-state index contributed by atoms with van der Waals surface area (Å²) in [7, 11) is 0. The Labute approximate surface area is 159 Å². The third-order valence-corrected chi connectivity index (χ3v) is 5.20. The molecule has 0 aromatic carbocycles. The number of aromatic nitrogens is 5. The number of fused-ring (bicyclic) bond motifs is 1. The maximum atomic E-state index is 12.9. The second kappa shape index (κ2) is 7.13. The van der Waals surface area contributed by atoms with Crippen LogP contribution in [0, 0.1) is 12.8 Å². The molecule has 1 aliphatic heterocycles. The van der Waals surface area contributed by atoms with Crippen molar-refractivity contribution in [2.24, 2.45) is 5.92 Å². The van der Waals surface area contributed by atoms with Crippen LogP contribution in [0.5, 0.6) is 0 Å². The van der Waals surface area contributed by atoms with Gasteiger partial charge in [-0.2, -0.15) is 0 Å². The summed E-state index contributed by atoms with van der Waals surface area (Å²) < 4.78 is 3.90. The van der Waals surface area contributed by atoms with Crippen LogP contribution in [0.15, 0.2) is 30.7 Å². The number of likely N-dealkylation sites (tertiary alicyclic amines) is 1. The van der Waals surface area contributed by atoms with E-state index >= 15 is 0 Å². The van der Waals surface area contributed by atoms with Crippen molar-refractivity contribution in [1.82, 2.24) is 29.3 Å². The van der Waals surface area contributed by atoms with Gasteiger partial charge in [0.05, 0.1) is 11.7 Å². The standard InChI is InChI=1S/C20H26N6O/c1-14(2)11-16-12-26(23-22-16)17-6-9-24(10-7-17)20(27)18-13-25-8-4-5-15(3)19(25)21-18/h4-5,8,12-14,17H,6-7,9-11H2,1-3H3. The highest BCUT2D eigenvalue weighted by molar-refractivity contribution is 5.93. The molecule has 0 radical (unpaired) electrons. The highest BCUT2D eigenvalue weighted by Gasteiger charge is 2.26. The third kappa shape index (κ3) is 3.59. The monoisotopic (exact) mass is 366 g/mol. The topological polar surface area (TPSA) is 68.3 Å². The molecule has 142 valence electrons. The smallest absolute Gasteiger partial charge is 0.274 e. The molecule has 7 nitrogen and oxygen atoms in total. The lowest BCUT2D eigenvalue weighted by Crippen LogP contribution is -2.39. The first kappa shape index (κ1) is 17.7. The van der Waals surface area contributed by atoms with E-state index in [1.807, 2.05) is 45.4 Å². The van der Waals surface area contributed by atoms with Crippen LogP contribution < -0.4 is 0 Å². The van der Waals surface area contributed by atoms with Crippen molar-refractivity contribution in [3.8, 4) is 0 Å². The van der Waals surface area contributed by atoms with Gasteiger partial charge in [-0.1, -0.05) is 25.1 Å². The molecule has 1 saturated heterocycles. The number of amides is 1. The summed E-state index contributed by atoms with van der Waals surface area (Å²) in [5.74, 6) is 0.583. The van der Waals surface area contributed by atoms with Crippen molar-refractivity contribution >= 4 is 11.6 Å². The summed E-state index contributed by atoms with van der Waals surface area (Å²) in [5.41, 5.74) is 3.47. The number of piperidine rings is 1. The van der Waals surface area contributed by atoms with E-state index in [1.165, 1.54) is 0 Å². The average molecular weight is 366 g/mol. The van der Waals surface area contributed by atoms with Gasteiger partial charge in [0.15, 0.2) is 0 Å². The molecule has 0 N–H and O–H groups in total. The number of rotatable bonds is 4. The van der Waals surface area contributed by atoms with Gasteiger partial charge in [0, 0.05) is 31.7 Å². The number of imidazole rings is 1. The molecule has 0 bridgehead atoms. The number of carbonyl (C=O) groups is 1. The molecule has 3 aromatic heterocycles. The number of pyridine rings is 1. The molecular formula is C20H26N6O. The number of aryl methyl sites for hydroxylation is 1. The molecule has 0 saturated carbocycles. The zero-order valence-electron chi connectivity index (χ0n) is 16.2. The van der Waals surface area contributed by atoms with Crippen LogP contribution in [0.4, 0.5) is 0 Å². The molecule has 27 heavy (non-hydrogen) atoms. The first-order chi connectivity index (χ1) is 13.0. The Morgan fingerprint density at radius 1 is 1.26 bits per heavy atom. The van der Waals surface area contributed by atoms with Crippen molar-refractivity contribution in [3.63, 3.8) is 0 Å². The average Bonchev–Trinajstić information content (AvgIpc) is 3.28. The van der Waals surface area contributed by atoms with Gasteiger partial charge < -0.3 is 9.30 Å². The summed E-state index contributed by atoms with van der Waals surface area (Å²) in [6.07, 6.45) is 8.55. The van der Waals surface area contributed by atoms with Crippen LogP contribution in [0.25, 0.3) is 5.65 Å². The highest BCUT2D eigenvalue weighted by Crippen LogP contribution is 2.23. The molecule has 4 heterocycles. The van der Waals surface area contributed by atoms with Crippen LogP contribution in [0.1, 0.15) is 54.5 Å². The zero-order valence-corrected chi connectivity index (χ0v) is 16.2. The summed E-state index contributed by atoms with van der Waals surface area (Å²) in [6.45, 7) is 7.81. The second-order valence-corrected chi connectivity index (χ2v) is 7.86. The lowest BCUT2D eigenvalue weighted by atomic mass is 10.0. The van der Waals surface area contributed by atoms with Crippen molar-refractivity contribution < 1.29 is 4.79 Å². The predicted octanol–water partition coefficient (Wildman–Crippen LogP) is 2.91. The van der Waals surface area contributed by atoms with Crippen molar-refractivity contribution in [1.29, 1.82) is 0 Å². The van der Waals surface area contributed by atoms with E-state index in [9.17, 15) is 4.79 Å². The first-order valence-corrected chi connectivity index (χ1v) is 9.65. The Bertz CT molecular complexity index is 948. The van der Waals surface area contributed by atoms with E-state index in [4.69, 9.17) is 0 Å². The molecule has 0 atom stereocenters. The van der Waals surface area contributed by atoms with Gasteiger partial charge in [0.2, 0.25) is 0 Å².